The lowest BCUT2D eigenvalue weighted by Gasteiger charge is -2.36. The second-order valence-corrected chi connectivity index (χ2v) is 4.48. The van der Waals surface area contributed by atoms with Gasteiger partial charge in [-0.15, -0.1) is 0 Å². The molecule has 2 amide bonds. The van der Waals surface area contributed by atoms with Gasteiger partial charge in [-0.1, -0.05) is 0 Å². The van der Waals surface area contributed by atoms with Crippen LogP contribution in [0.2, 0.25) is 0 Å². The zero-order valence-corrected chi connectivity index (χ0v) is 9.28. The summed E-state index contributed by atoms with van der Waals surface area (Å²) in [7, 11) is 0. The summed E-state index contributed by atoms with van der Waals surface area (Å²) in [5.74, 6) is 0. The van der Waals surface area contributed by atoms with Crippen LogP contribution in [0.4, 0.5) is 4.79 Å². The van der Waals surface area contributed by atoms with Crippen LogP contribution >= 0.6 is 0 Å². The summed E-state index contributed by atoms with van der Waals surface area (Å²) in [6.07, 6.45) is 1.22. The monoisotopic (exact) mass is 229 g/mol. The molecule has 1 unspecified atom stereocenters. The Morgan fingerprint density at radius 3 is 2.75 bits per heavy atom. The molecular formula is C10H19N3O3. The van der Waals surface area contributed by atoms with Gasteiger partial charge in [0.2, 0.25) is 0 Å². The van der Waals surface area contributed by atoms with Crippen LogP contribution in [-0.2, 0) is 0 Å². The standard InChI is InChI=1S/C10H19N3O3/c14-7-1-6-13-8(15)10(12-9(13)16)2-4-11-5-3-10/h8,11,14-15H,1-7H2,(H,12,16). The molecule has 1 spiro atoms. The fourth-order valence-electron chi connectivity index (χ4n) is 2.48. The topological polar surface area (TPSA) is 84.8 Å². The smallest absolute Gasteiger partial charge is 0.320 e. The molecule has 0 bridgehead atoms. The summed E-state index contributed by atoms with van der Waals surface area (Å²) < 4.78 is 0. The minimum Gasteiger partial charge on any atom is -0.396 e. The van der Waals surface area contributed by atoms with Crippen molar-refractivity contribution in [3.05, 3.63) is 0 Å². The van der Waals surface area contributed by atoms with Crippen LogP contribution in [-0.4, -0.2) is 59.2 Å². The van der Waals surface area contributed by atoms with E-state index in [0.717, 1.165) is 25.9 Å². The number of nitrogens with one attached hydrogen (secondary N) is 2. The maximum absolute atomic E-state index is 11.7. The van der Waals surface area contributed by atoms with E-state index >= 15 is 0 Å². The number of aliphatic hydroxyl groups excluding tert-OH is 2. The van der Waals surface area contributed by atoms with Gasteiger partial charge in [-0.3, -0.25) is 4.90 Å². The van der Waals surface area contributed by atoms with E-state index in [1.807, 2.05) is 0 Å². The highest BCUT2D eigenvalue weighted by Gasteiger charge is 2.50. The molecule has 2 heterocycles. The first kappa shape index (κ1) is 11.6. The van der Waals surface area contributed by atoms with Gasteiger partial charge < -0.3 is 20.8 Å². The third-order valence-corrected chi connectivity index (χ3v) is 3.46. The molecule has 0 aromatic carbocycles. The summed E-state index contributed by atoms with van der Waals surface area (Å²) >= 11 is 0. The first-order valence-corrected chi connectivity index (χ1v) is 5.78. The van der Waals surface area contributed by atoms with Crippen molar-refractivity contribution in [1.82, 2.24) is 15.5 Å². The number of piperidine rings is 1. The molecule has 2 aliphatic heterocycles. The Kier molecular flexibility index (Phi) is 3.32. The zero-order chi connectivity index (χ0) is 11.6. The average molecular weight is 229 g/mol. The number of urea groups is 1. The highest BCUT2D eigenvalue weighted by Crippen LogP contribution is 2.30. The van der Waals surface area contributed by atoms with E-state index in [-0.39, 0.29) is 12.6 Å². The second-order valence-electron chi connectivity index (χ2n) is 4.48. The van der Waals surface area contributed by atoms with Crippen molar-refractivity contribution in [3.63, 3.8) is 0 Å². The predicted octanol–water partition coefficient (Wildman–Crippen LogP) is -1.17. The number of carbonyl (C=O) groups excluding carboxylic acids is 1. The lowest BCUT2D eigenvalue weighted by atomic mass is 9.87. The van der Waals surface area contributed by atoms with Gasteiger partial charge in [-0.2, -0.15) is 0 Å². The molecule has 0 saturated carbocycles. The Morgan fingerprint density at radius 1 is 1.44 bits per heavy atom. The van der Waals surface area contributed by atoms with Crippen molar-refractivity contribution in [2.45, 2.75) is 31.0 Å². The summed E-state index contributed by atoms with van der Waals surface area (Å²) in [6, 6.07) is -0.220. The summed E-state index contributed by atoms with van der Waals surface area (Å²) in [6.45, 7) is 2.06. The predicted molar refractivity (Wildman–Crippen MR) is 57.8 cm³/mol. The molecule has 2 rings (SSSR count). The quantitative estimate of drug-likeness (QED) is 0.491. The lowest BCUT2D eigenvalue weighted by molar-refractivity contribution is -0.0116. The van der Waals surface area contributed by atoms with Gasteiger partial charge >= 0.3 is 6.03 Å². The number of hydrogen-bond donors (Lipinski definition) is 4. The molecule has 6 heteroatoms. The maximum atomic E-state index is 11.7. The Labute approximate surface area is 94.6 Å². The van der Waals surface area contributed by atoms with Crippen LogP contribution < -0.4 is 10.6 Å². The maximum Gasteiger partial charge on any atom is 0.320 e. The van der Waals surface area contributed by atoms with E-state index in [1.54, 1.807) is 0 Å². The van der Waals surface area contributed by atoms with E-state index in [4.69, 9.17) is 5.11 Å². The van der Waals surface area contributed by atoms with Gasteiger partial charge in [0.15, 0.2) is 6.23 Å². The van der Waals surface area contributed by atoms with Crippen molar-refractivity contribution in [2.24, 2.45) is 0 Å². The number of carbonyl (C=O) groups is 1. The van der Waals surface area contributed by atoms with Crippen LogP contribution in [0.15, 0.2) is 0 Å². The van der Waals surface area contributed by atoms with E-state index in [9.17, 15) is 9.90 Å². The Balaban J connectivity index is 2.05. The molecule has 0 aliphatic carbocycles. The van der Waals surface area contributed by atoms with Crippen molar-refractivity contribution < 1.29 is 15.0 Å². The third-order valence-electron chi connectivity index (χ3n) is 3.46. The molecule has 2 fully saturated rings. The highest BCUT2D eigenvalue weighted by atomic mass is 16.3. The van der Waals surface area contributed by atoms with Gasteiger partial charge in [0.1, 0.15) is 0 Å². The molecular weight excluding hydrogens is 210 g/mol. The van der Waals surface area contributed by atoms with Gasteiger partial charge in [0, 0.05) is 13.2 Å². The molecule has 1 atom stereocenters. The third kappa shape index (κ3) is 1.88. The number of nitrogens with zero attached hydrogens (tertiary/aromatic N) is 1. The fourth-order valence-corrected chi connectivity index (χ4v) is 2.48. The molecule has 0 radical (unpaired) electrons. The Bertz CT molecular complexity index is 266. The Hall–Kier alpha value is -0.850. The minimum absolute atomic E-state index is 0.0328. The van der Waals surface area contributed by atoms with E-state index in [1.165, 1.54) is 4.90 Å². The van der Waals surface area contributed by atoms with E-state index in [2.05, 4.69) is 10.6 Å². The first-order valence-electron chi connectivity index (χ1n) is 5.78. The van der Waals surface area contributed by atoms with Crippen molar-refractivity contribution in [1.29, 1.82) is 0 Å². The van der Waals surface area contributed by atoms with Crippen LogP contribution in [0.5, 0.6) is 0 Å². The van der Waals surface area contributed by atoms with E-state index < -0.39 is 11.8 Å². The largest absolute Gasteiger partial charge is 0.396 e. The molecule has 0 aromatic rings. The van der Waals surface area contributed by atoms with Gasteiger partial charge in [-0.05, 0) is 32.4 Å². The first-order chi connectivity index (χ1) is 7.69. The Morgan fingerprint density at radius 2 is 2.12 bits per heavy atom. The molecule has 4 N–H and O–H groups in total. The summed E-state index contributed by atoms with van der Waals surface area (Å²) in [5, 5.41) is 25.0. The molecule has 92 valence electrons. The van der Waals surface area contributed by atoms with Gasteiger partial charge in [0.25, 0.3) is 0 Å². The normalized spacial score (nSPS) is 28.5. The minimum atomic E-state index is -0.770. The van der Waals surface area contributed by atoms with Crippen LogP contribution in [0, 0.1) is 0 Å². The molecule has 6 nitrogen and oxygen atoms in total. The second kappa shape index (κ2) is 4.57. The molecule has 2 saturated heterocycles. The van der Waals surface area contributed by atoms with Crippen molar-refractivity contribution in [2.75, 3.05) is 26.2 Å². The number of amides is 2. The molecule has 0 aromatic heterocycles. The molecule has 16 heavy (non-hydrogen) atoms. The summed E-state index contributed by atoms with van der Waals surface area (Å²) in [4.78, 5) is 13.1. The van der Waals surface area contributed by atoms with Crippen LogP contribution in [0.25, 0.3) is 0 Å². The van der Waals surface area contributed by atoms with Gasteiger partial charge in [-0.25, -0.2) is 4.79 Å². The lowest BCUT2D eigenvalue weighted by Crippen LogP contribution is -2.56. The van der Waals surface area contributed by atoms with Crippen LogP contribution in [0.3, 0.4) is 0 Å². The van der Waals surface area contributed by atoms with Crippen molar-refractivity contribution in [3.8, 4) is 0 Å². The molecule has 2 aliphatic rings. The van der Waals surface area contributed by atoms with E-state index in [0.29, 0.717) is 13.0 Å². The van der Waals surface area contributed by atoms with Crippen molar-refractivity contribution >= 4 is 6.03 Å². The number of hydrogen-bond acceptors (Lipinski definition) is 4. The summed E-state index contributed by atoms with van der Waals surface area (Å²) in [5.41, 5.74) is -0.488. The average Bonchev–Trinajstić information content (AvgIpc) is 2.50. The number of rotatable bonds is 3. The van der Waals surface area contributed by atoms with Crippen LogP contribution in [0.1, 0.15) is 19.3 Å². The van der Waals surface area contributed by atoms with Gasteiger partial charge in [0.05, 0.1) is 5.54 Å². The number of aliphatic hydroxyl groups is 2. The fraction of sp³-hybridized carbons (Fsp3) is 0.900. The SMILES string of the molecule is O=C1NC2(CCNCC2)C(O)N1CCCO. The zero-order valence-electron chi connectivity index (χ0n) is 9.28. The highest BCUT2D eigenvalue weighted by molar-refractivity contribution is 5.78.